The van der Waals surface area contributed by atoms with Crippen LogP contribution >= 0.6 is 11.8 Å². The van der Waals surface area contributed by atoms with Gasteiger partial charge in [-0.3, -0.25) is 9.48 Å². The van der Waals surface area contributed by atoms with E-state index in [9.17, 15) is 9.59 Å². The maximum Gasteiger partial charge on any atom is 0.360 e. The Balaban J connectivity index is 1.58. The lowest BCUT2D eigenvalue weighted by molar-refractivity contribution is -0.115. The molecule has 0 saturated heterocycles. The Morgan fingerprint density at radius 3 is 2.61 bits per heavy atom. The van der Waals surface area contributed by atoms with Crippen molar-refractivity contribution in [3.8, 4) is 0 Å². The lowest BCUT2D eigenvalue weighted by atomic mass is 10.1. The van der Waals surface area contributed by atoms with E-state index in [1.54, 1.807) is 17.0 Å². The molecule has 0 fully saturated rings. The molecule has 172 valence electrons. The lowest BCUT2D eigenvalue weighted by Gasteiger charge is -2.10. The molecule has 2 N–H and O–H groups in total. The molecule has 2 aromatic carbocycles. The van der Waals surface area contributed by atoms with Gasteiger partial charge in [0.2, 0.25) is 0 Å². The summed E-state index contributed by atoms with van der Waals surface area (Å²) in [7, 11) is 1.31. The van der Waals surface area contributed by atoms with Gasteiger partial charge in [0.05, 0.1) is 25.1 Å². The minimum absolute atomic E-state index is 0.00590. The summed E-state index contributed by atoms with van der Waals surface area (Å²) in [5, 5.41) is 10.7. The molecule has 8 heteroatoms. The lowest BCUT2D eigenvalue weighted by Crippen LogP contribution is -2.17. The van der Waals surface area contributed by atoms with E-state index in [0.29, 0.717) is 24.5 Å². The normalized spacial score (nSPS) is 10.5. The van der Waals surface area contributed by atoms with Crippen LogP contribution in [0.2, 0.25) is 0 Å². The zero-order valence-electron chi connectivity index (χ0n) is 18.6. The van der Waals surface area contributed by atoms with Crippen molar-refractivity contribution in [3.05, 3.63) is 84.7 Å². The number of ketones is 1. The highest BCUT2D eigenvalue weighted by Crippen LogP contribution is 2.27. The first kappa shape index (κ1) is 24.1. The largest absolute Gasteiger partial charge is 0.464 e. The molecule has 0 aliphatic rings. The summed E-state index contributed by atoms with van der Waals surface area (Å²) in [6.45, 7) is 5.06. The first-order valence-electron chi connectivity index (χ1n) is 10.6. The molecule has 7 nitrogen and oxygen atoms in total. The van der Waals surface area contributed by atoms with Crippen LogP contribution in [0.1, 0.15) is 16.1 Å². The number of thioether (sulfide) groups is 1. The van der Waals surface area contributed by atoms with Gasteiger partial charge in [-0.1, -0.05) is 48.5 Å². The molecule has 1 aromatic heterocycles. The summed E-state index contributed by atoms with van der Waals surface area (Å²) in [6, 6.07) is 17.9. The van der Waals surface area contributed by atoms with Gasteiger partial charge in [-0.25, -0.2) is 4.79 Å². The van der Waals surface area contributed by atoms with E-state index in [1.807, 2.05) is 54.6 Å². The van der Waals surface area contributed by atoms with E-state index in [4.69, 9.17) is 4.74 Å². The summed E-state index contributed by atoms with van der Waals surface area (Å²) >= 11 is 1.47. The number of anilines is 2. The summed E-state index contributed by atoms with van der Waals surface area (Å²) < 4.78 is 6.55. The Bertz CT molecular complexity index is 1080. The number of Topliss-reactive ketones (excluding diaryl/α,β-unsaturated/α-hetero) is 1. The van der Waals surface area contributed by atoms with Crippen molar-refractivity contribution in [3.63, 3.8) is 0 Å². The van der Waals surface area contributed by atoms with Crippen molar-refractivity contribution < 1.29 is 14.3 Å². The third-order valence-corrected chi connectivity index (χ3v) is 5.93. The van der Waals surface area contributed by atoms with Gasteiger partial charge in [0.25, 0.3) is 0 Å². The minimum Gasteiger partial charge on any atom is -0.464 e. The average molecular weight is 465 g/mol. The smallest absolute Gasteiger partial charge is 0.360 e. The first-order chi connectivity index (χ1) is 16.1. The van der Waals surface area contributed by atoms with E-state index >= 15 is 0 Å². The molecule has 0 bridgehead atoms. The molecule has 0 radical (unpaired) electrons. The number of methoxy groups -OCH3 is 1. The van der Waals surface area contributed by atoms with Crippen molar-refractivity contribution in [2.75, 3.05) is 36.6 Å². The molecule has 3 aromatic rings. The summed E-state index contributed by atoms with van der Waals surface area (Å²) in [4.78, 5) is 25.7. The van der Waals surface area contributed by atoms with Crippen molar-refractivity contribution in [2.45, 2.75) is 17.9 Å². The number of carbonyl (C=O) groups excluding carboxylic acids is 2. The highest BCUT2D eigenvalue weighted by atomic mass is 32.2. The molecule has 1 heterocycles. The van der Waals surface area contributed by atoms with Crippen LogP contribution in [-0.2, 0) is 22.5 Å². The van der Waals surface area contributed by atoms with Gasteiger partial charge < -0.3 is 15.4 Å². The predicted octanol–water partition coefficient (Wildman–Crippen LogP) is 4.28. The molecular weight excluding hydrogens is 436 g/mol. The fourth-order valence-electron chi connectivity index (χ4n) is 3.12. The number of ether oxygens (including phenoxy) is 1. The quantitative estimate of drug-likeness (QED) is 0.222. The Labute approximate surface area is 198 Å². The fourth-order valence-corrected chi connectivity index (χ4v) is 4.01. The van der Waals surface area contributed by atoms with Gasteiger partial charge in [-0.2, -0.15) is 5.10 Å². The topological polar surface area (TPSA) is 85.3 Å². The average Bonchev–Trinajstić information content (AvgIpc) is 3.27. The maximum absolute atomic E-state index is 12.5. The van der Waals surface area contributed by atoms with Crippen molar-refractivity contribution in [1.82, 2.24) is 9.78 Å². The molecule has 0 unspecified atom stereocenters. The van der Waals surface area contributed by atoms with Gasteiger partial charge in [0.15, 0.2) is 11.5 Å². The molecular formula is C25H28N4O3S. The molecule has 0 saturated carbocycles. The van der Waals surface area contributed by atoms with E-state index in [1.165, 1.54) is 24.4 Å². The standard InChI is InChI=1S/C25H28N4O3S/c1-3-14-26-21-11-7-8-12-23(21)33-18-20(30)16-27-22-17-29(28-24(22)25(31)32-2)15-13-19-9-5-4-6-10-19/h3-12,17,26-27H,1,13-16,18H2,2H3. The minimum atomic E-state index is -0.542. The molecule has 0 spiro atoms. The molecule has 0 amide bonds. The monoisotopic (exact) mass is 464 g/mol. The first-order valence-corrected chi connectivity index (χ1v) is 11.6. The Morgan fingerprint density at radius 1 is 1.09 bits per heavy atom. The van der Waals surface area contributed by atoms with Crippen LogP contribution in [0.4, 0.5) is 11.4 Å². The third kappa shape index (κ3) is 7.25. The molecule has 33 heavy (non-hydrogen) atoms. The molecule has 0 aliphatic heterocycles. The van der Waals surface area contributed by atoms with Crippen molar-refractivity contribution >= 4 is 34.9 Å². The van der Waals surface area contributed by atoms with Gasteiger partial charge in [-0.05, 0) is 24.1 Å². The Morgan fingerprint density at radius 2 is 1.85 bits per heavy atom. The summed E-state index contributed by atoms with van der Waals surface area (Å²) in [5.74, 6) is -0.235. The van der Waals surface area contributed by atoms with Crippen LogP contribution in [0.25, 0.3) is 0 Å². The van der Waals surface area contributed by atoms with Crippen molar-refractivity contribution in [2.24, 2.45) is 0 Å². The second-order valence-corrected chi connectivity index (χ2v) is 8.25. The van der Waals surface area contributed by atoms with E-state index in [2.05, 4.69) is 22.3 Å². The van der Waals surface area contributed by atoms with Crippen LogP contribution in [-0.4, -0.2) is 47.5 Å². The molecule has 0 aliphatic carbocycles. The highest BCUT2D eigenvalue weighted by molar-refractivity contribution is 8.00. The second kappa shape index (κ2) is 12.5. The number of hydrogen-bond donors (Lipinski definition) is 2. The van der Waals surface area contributed by atoms with Crippen LogP contribution in [0.3, 0.4) is 0 Å². The van der Waals surface area contributed by atoms with Crippen LogP contribution < -0.4 is 10.6 Å². The number of para-hydroxylation sites is 1. The number of carbonyl (C=O) groups is 2. The number of rotatable bonds is 13. The van der Waals surface area contributed by atoms with Crippen molar-refractivity contribution in [1.29, 1.82) is 0 Å². The van der Waals surface area contributed by atoms with Gasteiger partial charge in [-0.15, -0.1) is 18.3 Å². The van der Waals surface area contributed by atoms with Gasteiger partial charge in [0, 0.05) is 29.9 Å². The number of aryl methyl sites for hydroxylation is 2. The number of nitrogens with zero attached hydrogens (tertiary/aromatic N) is 2. The SMILES string of the molecule is C=CCNc1ccccc1SCC(=O)CNc1cn(CCc2ccccc2)nc1C(=O)OC. The van der Waals surface area contributed by atoms with E-state index in [0.717, 1.165) is 17.0 Å². The molecule has 0 atom stereocenters. The summed E-state index contributed by atoms with van der Waals surface area (Å²) in [6.07, 6.45) is 4.30. The van der Waals surface area contributed by atoms with Crippen LogP contribution in [0, 0.1) is 0 Å². The fraction of sp³-hybridized carbons (Fsp3) is 0.240. The Kier molecular flexibility index (Phi) is 9.14. The predicted molar refractivity (Wildman–Crippen MR) is 133 cm³/mol. The van der Waals surface area contributed by atoms with E-state index < -0.39 is 5.97 Å². The van der Waals surface area contributed by atoms with Gasteiger partial charge in [0.1, 0.15) is 0 Å². The highest BCUT2D eigenvalue weighted by Gasteiger charge is 2.18. The van der Waals surface area contributed by atoms with Crippen LogP contribution in [0.5, 0.6) is 0 Å². The maximum atomic E-state index is 12.5. The number of benzene rings is 2. The molecule has 3 rings (SSSR count). The number of hydrogen-bond acceptors (Lipinski definition) is 7. The Hall–Kier alpha value is -3.52. The summed E-state index contributed by atoms with van der Waals surface area (Å²) in [5.41, 5.74) is 2.80. The third-order valence-electron chi connectivity index (χ3n) is 4.80. The zero-order chi connectivity index (χ0) is 23.5. The second-order valence-electron chi connectivity index (χ2n) is 7.23. The number of esters is 1. The zero-order valence-corrected chi connectivity index (χ0v) is 19.4. The number of aromatic nitrogens is 2. The number of nitrogens with one attached hydrogen (secondary N) is 2. The van der Waals surface area contributed by atoms with Gasteiger partial charge >= 0.3 is 5.97 Å². The van der Waals surface area contributed by atoms with Crippen LogP contribution in [0.15, 0.2) is 78.3 Å². The van der Waals surface area contributed by atoms with E-state index in [-0.39, 0.29) is 18.0 Å².